The molecule has 0 bridgehead atoms. The van der Waals surface area contributed by atoms with Gasteiger partial charge in [0.15, 0.2) is 12.1 Å². The van der Waals surface area contributed by atoms with E-state index in [4.69, 9.17) is 10.2 Å². The predicted molar refractivity (Wildman–Crippen MR) is 52.8 cm³/mol. The van der Waals surface area contributed by atoms with Crippen LogP contribution in [0.1, 0.15) is 15.9 Å². The molecule has 1 aromatic rings. The second-order valence-electron chi connectivity index (χ2n) is 3.12. The van der Waals surface area contributed by atoms with Crippen molar-refractivity contribution in [3.8, 4) is 0 Å². The van der Waals surface area contributed by atoms with Crippen LogP contribution in [0.2, 0.25) is 0 Å². The van der Waals surface area contributed by atoms with Gasteiger partial charge in [-0.05, 0) is 31.2 Å². The molecule has 3 nitrogen and oxygen atoms in total. The highest BCUT2D eigenvalue weighted by Gasteiger charge is 2.08. The minimum Gasteiger partial charge on any atom is -0.365 e. The average molecular weight is 210 g/mol. The van der Waals surface area contributed by atoms with Gasteiger partial charge in [0.25, 0.3) is 0 Å². The summed E-state index contributed by atoms with van der Waals surface area (Å²) in [7, 11) is 0. The highest BCUT2D eigenvalue weighted by Crippen LogP contribution is 2.11. The zero-order chi connectivity index (χ0) is 11.4. The molecule has 1 aromatic carbocycles. The van der Waals surface area contributed by atoms with E-state index in [0.29, 0.717) is 0 Å². The highest BCUT2D eigenvalue weighted by molar-refractivity contribution is 6.04. The lowest BCUT2D eigenvalue weighted by Crippen LogP contribution is -2.03. The van der Waals surface area contributed by atoms with Crippen molar-refractivity contribution in [3.63, 3.8) is 0 Å². The Labute approximate surface area is 86.5 Å². The number of halogens is 1. The first-order valence-electron chi connectivity index (χ1n) is 4.35. The topological polar surface area (TPSA) is 57.5 Å². The zero-order valence-corrected chi connectivity index (χ0v) is 8.14. The largest absolute Gasteiger partial charge is 0.365 e. The maximum absolute atomic E-state index is 13.2. The van der Waals surface area contributed by atoms with Gasteiger partial charge in [0, 0.05) is 0 Å². The van der Waals surface area contributed by atoms with Gasteiger partial charge in [-0.3, -0.25) is 4.79 Å². The smallest absolute Gasteiger partial charge is 0.188 e. The molecule has 0 aliphatic rings. The summed E-state index contributed by atoms with van der Waals surface area (Å²) in [6, 6.07) is 4.16. The number of ketones is 1. The van der Waals surface area contributed by atoms with Crippen molar-refractivity contribution in [1.29, 1.82) is 0 Å². The number of benzene rings is 1. The molecule has 15 heavy (non-hydrogen) atoms. The first kappa shape index (κ1) is 11.6. The van der Waals surface area contributed by atoms with Crippen LogP contribution in [0.5, 0.6) is 0 Å². The summed E-state index contributed by atoms with van der Waals surface area (Å²) in [5, 5.41) is 17.0. The Kier molecular flexibility index (Phi) is 3.71. The number of aliphatic hydroxyl groups excluding tert-OH is 1. The SMILES string of the molecule is Cc1ccc(F)c(C(=O)/C=C/C(O)O)c1. The number of hydrogen-bond acceptors (Lipinski definition) is 3. The third-order valence-corrected chi connectivity index (χ3v) is 1.81. The highest BCUT2D eigenvalue weighted by atomic mass is 19.1. The molecular formula is C11H11FO3. The summed E-state index contributed by atoms with van der Waals surface area (Å²) in [6.45, 7) is 1.74. The minimum absolute atomic E-state index is 0.0769. The van der Waals surface area contributed by atoms with Crippen LogP contribution in [-0.2, 0) is 0 Å². The number of allylic oxidation sites excluding steroid dienone is 1. The van der Waals surface area contributed by atoms with E-state index in [0.717, 1.165) is 17.7 Å². The summed E-state index contributed by atoms with van der Waals surface area (Å²) >= 11 is 0. The molecule has 0 unspecified atom stereocenters. The van der Waals surface area contributed by atoms with E-state index in [1.54, 1.807) is 13.0 Å². The summed E-state index contributed by atoms with van der Waals surface area (Å²) in [4.78, 5) is 11.4. The molecule has 0 aliphatic heterocycles. The Morgan fingerprint density at radius 2 is 2.13 bits per heavy atom. The quantitative estimate of drug-likeness (QED) is 0.447. The Hall–Kier alpha value is -1.52. The molecule has 0 saturated heterocycles. The number of carbonyl (C=O) groups is 1. The molecule has 2 N–H and O–H groups in total. The first-order chi connectivity index (χ1) is 7.00. The Morgan fingerprint density at radius 1 is 1.47 bits per heavy atom. The Balaban J connectivity index is 2.96. The number of carbonyl (C=O) groups excluding carboxylic acids is 1. The monoisotopic (exact) mass is 210 g/mol. The van der Waals surface area contributed by atoms with Crippen molar-refractivity contribution in [2.75, 3.05) is 0 Å². The molecule has 80 valence electrons. The van der Waals surface area contributed by atoms with E-state index in [1.165, 1.54) is 12.1 Å². The molecule has 0 fully saturated rings. The van der Waals surface area contributed by atoms with Crippen LogP contribution in [-0.4, -0.2) is 22.3 Å². The summed E-state index contributed by atoms with van der Waals surface area (Å²) in [5.74, 6) is -1.22. The van der Waals surface area contributed by atoms with Crippen LogP contribution < -0.4 is 0 Å². The van der Waals surface area contributed by atoms with Crippen LogP contribution in [0, 0.1) is 12.7 Å². The van der Waals surface area contributed by atoms with Crippen LogP contribution >= 0.6 is 0 Å². The molecule has 0 amide bonds. The minimum atomic E-state index is -1.71. The van der Waals surface area contributed by atoms with Crippen molar-refractivity contribution in [1.82, 2.24) is 0 Å². The first-order valence-corrected chi connectivity index (χ1v) is 4.35. The van der Waals surface area contributed by atoms with Gasteiger partial charge >= 0.3 is 0 Å². The lowest BCUT2D eigenvalue weighted by molar-refractivity contribution is 0.00217. The van der Waals surface area contributed by atoms with E-state index in [9.17, 15) is 9.18 Å². The standard InChI is InChI=1S/C11H11FO3/c1-7-2-3-9(12)8(6-7)10(13)4-5-11(14)15/h2-6,11,14-15H,1H3/b5-4+. The lowest BCUT2D eigenvalue weighted by atomic mass is 10.1. The number of rotatable bonds is 3. The van der Waals surface area contributed by atoms with Gasteiger partial charge < -0.3 is 10.2 Å². The van der Waals surface area contributed by atoms with Gasteiger partial charge in [0.05, 0.1) is 5.56 Å². The lowest BCUT2D eigenvalue weighted by Gasteiger charge is -2.00. The van der Waals surface area contributed by atoms with Crippen LogP contribution in [0.25, 0.3) is 0 Å². The Bertz CT molecular complexity index is 397. The number of hydrogen-bond donors (Lipinski definition) is 2. The zero-order valence-electron chi connectivity index (χ0n) is 8.14. The molecular weight excluding hydrogens is 199 g/mol. The summed E-state index contributed by atoms with van der Waals surface area (Å²) in [6.07, 6.45) is 0.105. The van der Waals surface area contributed by atoms with Gasteiger partial charge in [-0.15, -0.1) is 0 Å². The van der Waals surface area contributed by atoms with Gasteiger partial charge in [0.2, 0.25) is 0 Å². The summed E-state index contributed by atoms with van der Waals surface area (Å²) in [5.41, 5.74) is 0.685. The number of aliphatic hydroxyl groups is 2. The fourth-order valence-corrected chi connectivity index (χ4v) is 1.09. The van der Waals surface area contributed by atoms with Crippen molar-refractivity contribution in [2.24, 2.45) is 0 Å². The van der Waals surface area contributed by atoms with Crippen molar-refractivity contribution in [3.05, 3.63) is 47.3 Å². The second kappa shape index (κ2) is 4.82. The van der Waals surface area contributed by atoms with Crippen molar-refractivity contribution < 1.29 is 19.4 Å². The Morgan fingerprint density at radius 3 is 2.73 bits per heavy atom. The van der Waals surface area contributed by atoms with Crippen LogP contribution in [0.3, 0.4) is 0 Å². The van der Waals surface area contributed by atoms with E-state index in [2.05, 4.69) is 0 Å². The van der Waals surface area contributed by atoms with E-state index in [-0.39, 0.29) is 5.56 Å². The normalized spacial score (nSPS) is 11.3. The molecule has 0 heterocycles. The molecule has 0 spiro atoms. The van der Waals surface area contributed by atoms with E-state index in [1.807, 2.05) is 0 Å². The van der Waals surface area contributed by atoms with Gasteiger partial charge in [0.1, 0.15) is 5.82 Å². The van der Waals surface area contributed by atoms with Crippen molar-refractivity contribution >= 4 is 5.78 Å². The number of aryl methyl sites for hydroxylation is 1. The van der Waals surface area contributed by atoms with Crippen molar-refractivity contribution in [2.45, 2.75) is 13.2 Å². The molecule has 0 aromatic heterocycles. The second-order valence-corrected chi connectivity index (χ2v) is 3.12. The molecule has 0 aliphatic carbocycles. The van der Waals surface area contributed by atoms with E-state index < -0.39 is 17.9 Å². The predicted octanol–water partition coefficient (Wildman–Crippen LogP) is 1.18. The fraction of sp³-hybridized carbons (Fsp3) is 0.182. The van der Waals surface area contributed by atoms with Gasteiger partial charge in [-0.25, -0.2) is 4.39 Å². The van der Waals surface area contributed by atoms with Gasteiger partial charge in [-0.2, -0.15) is 0 Å². The molecule has 0 atom stereocenters. The molecule has 0 saturated carbocycles. The fourth-order valence-electron chi connectivity index (χ4n) is 1.09. The molecule has 0 radical (unpaired) electrons. The van der Waals surface area contributed by atoms with E-state index >= 15 is 0 Å². The summed E-state index contributed by atoms with van der Waals surface area (Å²) < 4.78 is 13.2. The average Bonchev–Trinajstić information content (AvgIpc) is 2.18. The third-order valence-electron chi connectivity index (χ3n) is 1.81. The molecule has 4 heteroatoms. The third kappa shape index (κ3) is 3.27. The molecule has 1 rings (SSSR count). The van der Waals surface area contributed by atoms with Crippen LogP contribution in [0.15, 0.2) is 30.4 Å². The maximum Gasteiger partial charge on any atom is 0.188 e. The van der Waals surface area contributed by atoms with Crippen LogP contribution in [0.4, 0.5) is 4.39 Å². The maximum atomic E-state index is 13.2. The van der Waals surface area contributed by atoms with Gasteiger partial charge in [-0.1, -0.05) is 11.6 Å².